The van der Waals surface area contributed by atoms with Crippen molar-refractivity contribution in [1.82, 2.24) is 16.0 Å². The summed E-state index contributed by atoms with van der Waals surface area (Å²) in [7, 11) is 0. The van der Waals surface area contributed by atoms with E-state index in [1.807, 2.05) is 133 Å². The van der Waals surface area contributed by atoms with Gasteiger partial charge in [-0.05, 0) is 111 Å². The molecule has 0 aromatic heterocycles. The fourth-order valence-corrected chi connectivity index (χ4v) is 5.16. The molecule has 0 aliphatic rings. The number of nitrogens with zero attached hydrogens (tertiary/aromatic N) is 1. The molecule has 4 rings (SSSR count). The number of carbonyl (C=O) groups is 3. The number of hydrogen-bond acceptors (Lipinski definition) is 7. The zero-order chi connectivity index (χ0) is 37.4. The molecule has 0 bridgehead atoms. The van der Waals surface area contributed by atoms with E-state index < -0.39 is 23.9 Å². The van der Waals surface area contributed by atoms with Crippen LogP contribution in [0.4, 0.5) is 14.4 Å². The number of alkyl carbamates (subject to hydrolysis) is 3. The maximum Gasteiger partial charge on any atom is 0.407 e. The molecule has 4 aromatic carbocycles. The molecule has 0 radical (unpaired) electrons. The van der Waals surface area contributed by atoms with Crippen LogP contribution in [0.15, 0.2) is 84.9 Å². The summed E-state index contributed by atoms with van der Waals surface area (Å²) in [4.78, 5) is 35.5. The highest BCUT2D eigenvalue weighted by Gasteiger charge is 2.16. The number of benzene rings is 4. The lowest BCUT2D eigenvalue weighted by Gasteiger charge is -2.20. The summed E-state index contributed by atoms with van der Waals surface area (Å²) in [5.41, 5.74) is 9.05. The van der Waals surface area contributed by atoms with Crippen molar-refractivity contribution in [1.29, 1.82) is 5.26 Å². The van der Waals surface area contributed by atoms with Gasteiger partial charge in [-0.15, -0.1) is 0 Å². The van der Waals surface area contributed by atoms with Crippen LogP contribution in [0, 0.1) is 39.0 Å². The second-order valence-electron chi connectivity index (χ2n) is 13.1. The van der Waals surface area contributed by atoms with Crippen LogP contribution in [0.5, 0.6) is 0 Å². The molecule has 0 saturated heterocycles. The predicted molar refractivity (Wildman–Crippen MR) is 197 cm³/mol. The molecule has 0 unspecified atom stereocenters. The Kier molecular flexibility index (Phi) is 15.1. The maximum atomic E-state index is 12.0. The number of ether oxygens (including phenoxy) is 3. The Hall–Kier alpha value is -5.82. The Labute approximate surface area is 301 Å². The van der Waals surface area contributed by atoms with Gasteiger partial charge in [-0.3, -0.25) is 0 Å². The van der Waals surface area contributed by atoms with E-state index in [2.05, 4.69) is 22.0 Å². The maximum absolute atomic E-state index is 12.0. The van der Waals surface area contributed by atoms with E-state index >= 15 is 0 Å². The average molecular weight is 693 g/mol. The molecule has 10 heteroatoms. The van der Waals surface area contributed by atoms with Crippen LogP contribution in [0.2, 0.25) is 0 Å². The second kappa shape index (κ2) is 19.4. The Balaban J connectivity index is 0.000000286. The van der Waals surface area contributed by atoms with Gasteiger partial charge in [0.15, 0.2) is 0 Å². The summed E-state index contributed by atoms with van der Waals surface area (Å²) in [5.74, 6) is 0. The molecule has 0 heterocycles. The minimum atomic E-state index is -0.527. The van der Waals surface area contributed by atoms with E-state index in [0.717, 1.165) is 50.1 Å². The normalized spacial score (nSPS) is 10.5. The van der Waals surface area contributed by atoms with Gasteiger partial charge in [0.05, 0.1) is 11.6 Å². The quantitative estimate of drug-likeness (QED) is 0.142. The van der Waals surface area contributed by atoms with E-state index in [1.165, 1.54) is 0 Å². The molecule has 10 nitrogen and oxygen atoms in total. The molecule has 3 N–H and O–H groups in total. The van der Waals surface area contributed by atoms with Gasteiger partial charge >= 0.3 is 18.3 Å². The molecule has 0 atom stereocenters. The smallest absolute Gasteiger partial charge is 0.407 e. The first-order valence-electron chi connectivity index (χ1n) is 16.7. The van der Waals surface area contributed by atoms with Crippen LogP contribution in [0.25, 0.3) is 0 Å². The van der Waals surface area contributed by atoms with Gasteiger partial charge in [-0.2, -0.15) is 5.26 Å². The summed E-state index contributed by atoms with van der Waals surface area (Å²) in [5, 5.41) is 17.2. The Morgan fingerprint density at radius 1 is 0.588 bits per heavy atom. The van der Waals surface area contributed by atoms with Gasteiger partial charge < -0.3 is 30.2 Å². The number of rotatable bonds is 10. The summed E-state index contributed by atoms with van der Waals surface area (Å²) >= 11 is 0. The molecule has 4 aromatic rings. The molecule has 0 aliphatic heterocycles. The summed E-state index contributed by atoms with van der Waals surface area (Å²) in [6.07, 6.45) is -1.35. The topological polar surface area (TPSA) is 139 Å². The molecular formula is C41H48N4O6. The van der Waals surface area contributed by atoms with Crippen molar-refractivity contribution in [2.24, 2.45) is 0 Å². The van der Waals surface area contributed by atoms with E-state index in [-0.39, 0.29) is 13.2 Å². The summed E-state index contributed by atoms with van der Waals surface area (Å²) in [6.45, 7) is 14.9. The van der Waals surface area contributed by atoms with Crippen LogP contribution >= 0.6 is 0 Å². The number of aryl methyl sites for hydroxylation is 4. The SMILES string of the molecule is Cc1cc(C#N)cc(C)c1CNC(=O)OCc1ccccc1.Cc1cc(CNC(=O)OC(C)(C)C)cc(C)c1CNC(=O)OCc1ccccc1. The zero-order valence-electron chi connectivity index (χ0n) is 30.5. The number of amides is 3. The molecule has 268 valence electrons. The second-order valence-corrected chi connectivity index (χ2v) is 13.1. The van der Waals surface area contributed by atoms with Gasteiger partial charge in [-0.1, -0.05) is 72.8 Å². The van der Waals surface area contributed by atoms with Crippen LogP contribution in [-0.2, 0) is 47.1 Å². The Bertz CT molecular complexity index is 1770. The minimum Gasteiger partial charge on any atom is -0.445 e. The molecule has 0 spiro atoms. The van der Waals surface area contributed by atoms with E-state index in [0.29, 0.717) is 25.2 Å². The molecular weight excluding hydrogens is 644 g/mol. The van der Waals surface area contributed by atoms with Crippen LogP contribution in [-0.4, -0.2) is 23.9 Å². The van der Waals surface area contributed by atoms with Crippen molar-refractivity contribution in [3.63, 3.8) is 0 Å². The molecule has 51 heavy (non-hydrogen) atoms. The monoisotopic (exact) mass is 692 g/mol. The fraction of sp³-hybridized carbons (Fsp3) is 0.317. The zero-order valence-corrected chi connectivity index (χ0v) is 30.5. The first-order chi connectivity index (χ1) is 24.2. The highest BCUT2D eigenvalue weighted by molar-refractivity contribution is 5.68. The van der Waals surface area contributed by atoms with E-state index in [4.69, 9.17) is 19.5 Å². The van der Waals surface area contributed by atoms with Gasteiger partial charge in [0.1, 0.15) is 18.8 Å². The number of nitrogens with one attached hydrogen (secondary N) is 3. The van der Waals surface area contributed by atoms with Crippen molar-refractivity contribution in [2.75, 3.05) is 0 Å². The first kappa shape index (κ1) is 39.6. The number of nitriles is 1. The van der Waals surface area contributed by atoms with Gasteiger partial charge in [0.2, 0.25) is 0 Å². The van der Waals surface area contributed by atoms with Crippen molar-refractivity contribution in [2.45, 2.75) is 86.9 Å². The molecule has 0 fully saturated rings. The molecule has 0 saturated carbocycles. The third-order valence-electron chi connectivity index (χ3n) is 7.66. The Morgan fingerprint density at radius 3 is 1.37 bits per heavy atom. The molecule has 0 aliphatic carbocycles. The van der Waals surface area contributed by atoms with Crippen LogP contribution in [0.1, 0.15) is 76.4 Å². The highest BCUT2D eigenvalue weighted by atomic mass is 16.6. The minimum absolute atomic E-state index is 0.236. The predicted octanol–water partition coefficient (Wildman–Crippen LogP) is 8.36. The van der Waals surface area contributed by atoms with Crippen molar-refractivity contribution in [3.8, 4) is 6.07 Å². The summed E-state index contributed by atoms with van der Waals surface area (Å²) < 4.78 is 15.7. The van der Waals surface area contributed by atoms with Crippen LogP contribution < -0.4 is 16.0 Å². The number of carbonyl (C=O) groups excluding carboxylic acids is 3. The van der Waals surface area contributed by atoms with Gasteiger partial charge in [-0.25, -0.2) is 14.4 Å². The third-order valence-corrected chi connectivity index (χ3v) is 7.66. The average Bonchev–Trinajstić information content (AvgIpc) is 3.08. The standard InChI is InChI=1S/C23H30N2O4.C18H18N2O2/c1-16-11-19(13-24-22(27)29-23(3,4)5)12-17(2)20(16)14-25-21(26)28-15-18-9-7-6-8-10-18;1-13-8-16(10-19)9-14(2)17(13)11-20-18(21)22-12-15-6-4-3-5-7-15/h6-12H,13-15H2,1-5H3,(H,24,27)(H,25,26);3-9H,11-12H2,1-2H3,(H,20,21). The lowest BCUT2D eigenvalue weighted by molar-refractivity contribution is 0.0523. The van der Waals surface area contributed by atoms with E-state index in [1.54, 1.807) is 0 Å². The van der Waals surface area contributed by atoms with Crippen molar-refractivity contribution < 1.29 is 28.6 Å². The van der Waals surface area contributed by atoms with Gasteiger partial charge in [0.25, 0.3) is 0 Å². The van der Waals surface area contributed by atoms with Crippen LogP contribution in [0.3, 0.4) is 0 Å². The summed E-state index contributed by atoms with van der Waals surface area (Å²) in [6, 6.07) is 28.8. The molecule has 3 amide bonds. The van der Waals surface area contributed by atoms with E-state index in [9.17, 15) is 14.4 Å². The lowest BCUT2D eigenvalue weighted by atomic mass is 9.99. The third kappa shape index (κ3) is 14.3. The van der Waals surface area contributed by atoms with Gasteiger partial charge in [0, 0.05) is 19.6 Å². The fourth-order valence-electron chi connectivity index (χ4n) is 5.16. The highest BCUT2D eigenvalue weighted by Crippen LogP contribution is 2.18. The van der Waals surface area contributed by atoms with Crippen molar-refractivity contribution >= 4 is 18.3 Å². The Morgan fingerprint density at radius 2 is 0.980 bits per heavy atom. The lowest BCUT2D eigenvalue weighted by Crippen LogP contribution is -2.32. The largest absolute Gasteiger partial charge is 0.445 e. The first-order valence-corrected chi connectivity index (χ1v) is 16.7. The number of hydrogen-bond donors (Lipinski definition) is 3. The van der Waals surface area contributed by atoms with Crippen molar-refractivity contribution in [3.05, 3.63) is 141 Å².